The number of carbonyl (C=O) groups is 1. The van der Waals surface area contributed by atoms with Gasteiger partial charge in [-0.05, 0) is 24.6 Å². The largest absolute Gasteiger partial charge is 0.310 e. The number of hydrogen-bond donors (Lipinski definition) is 3. The van der Waals surface area contributed by atoms with Crippen molar-refractivity contribution >= 4 is 35.1 Å². The van der Waals surface area contributed by atoms with Gasteiger partial charge in [0, 0.05) is 6.20 Å². The SMILES string of the molecule is C/C(=N\Nc1nc(SCC(=O)Nc2ccccn2)n[nH]1)c1ccccc1. The van der Waals surface area contributed by atoms with E-state index in [1.165, 1.54) is 11.8 Å². The Morgan fingerprint density at radius 1 is 1.19 bits per heavy atom. The smallest absolute Gasteiger partial charge is 0.240 e. The molecular weight excluding hydrogens is 350 g/mol. The van der Waals surface area contributed by atoms with Crippen LogP contribution in [0.2, 0.25) is 0 Å². The Morgan fingerprint density at radius 2 is 2.00 bits per heavy atom. The first-order valence-electron chi connectivity index (χ1n) is 7.82. The minimum absolute atomic E-state index is 0.175. The Kier molecular flexibility index (Phi) is 5.94. The van der Waals surface area contributed by atoms with E-state index in [1.807, 2.05) is 37.3 Å². The monoisotopic (exact) mass is 367 g/mol. The Labute approximate surface area is 154 Å². The molecule has 8 nitrogen and oxygen atoms in total. The molecule has 0 aliphatic rings. The maximum atomic E-state index is 11.9. The fraction of sp³-hybridized carbons (Fsp3) is 0.118. The van der Waals surface area contributed by atoms with Crippen LogP contribution in [0.3, 0.4) is 0 Å². The number of nitrogens with one attached hydrogen (secondary N) is 3. The fourth-order valence-electron chi connectivity index (χ4n) is 1.99. The van der Waals surface area contributed by atoms with Crippen LogP contribution in [-0.4, -0.2) is 37.5 Å². The first-order chi connectivity index (χ1) is 12.7. The van der Waals surface area contributed by atoms with Crippen LogP contribution in [0.25, 0.3) is 0 Å². The average molecular weight is 367 g/mol. The molecule has 0 atom stereocenters. The van der Waals surface area contributed by atoms with Crippen molar-refractivity contribution in [2.24, 2.45) is 5.10 Å². The molecular formula is C17H17N7OS. The molecule has 0 saturated carbocycles. The quantitative estimate of drug-likeness (QED) is 0.337. The molecule has 0 aliphatic heterocycles. The molecule has 3 aromatic rings. The number of carbonyl (C=O) groups excluding carboxylic acids is 1. The zero-order valence-electron chi connectivity index (χ0n) is 14.0. The fourth-order valence-corrected chi connectivity index (χ4v) is 2.59. The zero-order valence-corrected chi connectivity index (χ0v) is 14.8. The van der Waals surface area contributed by atoms with Crippen molar-refractivity contribution in [3.8, 4) is 0 Å². The summed E-state index contributed by atoms with van der Waals surface area (Å²) in [4.78, 5) is 20.2. The molecule has 1 aromatic carbocycles. The molecule has 0 radical (unpaired) electrons. The minimum Gasteiger partial charge on any atom is -0.310 e. The van der Waals surface area contributed by atoms with Gasteiger partial charge in [0.1, 0.15) is 5.82 Å². The standard InChI is InChI=1S/C17H17N7OS/c1-12(13-7-3-2-4-8-13)21-22-16-20-17(24-23-16)26-11-15(25)19-14-9-5-6-10-18-14/h2-10H,11H2,1H3,(H,18,19,25)(H2,20,22,23,24)/b21-12+. The third-order valence-corrected chi connectivity index (χ3v) is 4.10. The molecule has 3 rings (SSSR count). The van der Waals surface area contributed by atoms with E-state index in [2.05, 4.69) is 36.0 Å². The van der Waals surface area contributed by atoms with Crippen molar-refractivity contribution in [3.05, 3.63) is 60.3 Å². The van der Waals surface area contributed by atoms with E-state index >= 15 is 0 Å². The second-order valence-corrected chi connectivity index (χ2v) is 6.14. The highest BCUT2D eigenvalue weighted by molar-refractivity contribution is 7.99. The lowest BCUT2D eigenvalue weighted by Gasteiger charge is -2.01. The number of nitrogens with zero attached hydrogens (tertiary/aromatic N) is 4. The van der Waals surface area contributed by atoms with Crippen LogP contribution in [0.4, 0.5) is 11.8 Å². The highest BCUT2D eigenvalue weighted by Gasteiger charge is 2.08. The van der Waals surface area contributed by atoms with Gasteiger partial charge < -0.3 is 5.32 Å². The van der Waals surface area contributed by atoms with Crippen molar-refractivity contribution in [2.45, 2.75) is 12.1 Å². The number of thioether (sulfide) groups is 1. The summed E-state index contributed by atoms with van der Waals surface area (Å²) in [5.41, 5.74) is 4.66. The summed E-state index contributed by atoms with van der Waals surface area (Å²) in [7, 11) is 0. The van der Waals surface area contributed by atoms with Gasteiger partial charge in [0.25, 0.3) is 0 Å². The first-order valence-corrected chi connectivity index (χ1v) is 8.81. The van der Waals surface area contributed by atoms with Crippen molar-refractivity contribution in [3.63, 3.8) is 0 Å². The van der Waals surface area contributed by atoms with E-state index in [9.17, 15) is 4.79 Å². The van der Waals surface area contributed by atoms with Crippen LogP contribution in [-0.2, 0) is 4.79 Å². The number of hydrogen-bond acceptors (Lipinski definition) is 7. The molecule has 9 heteroatoms. The molecule has 0 bridgehead atoms. The molecule has 0 unspecified atom stereocenters. The van der Waals surface area contributed by atoms with Crippen LogP contribution in [0.5, 0.6) is 0 Å². The normalized spacial score (nSPS) is 11.2. The molecule has 3 N–H and O–H groups in total. The molecule has 0 aliphatic carbocycles. The highest BCUT2D eigenvalue weighted by Crippen LogP contribution is 2.14. The minimum atomic E-state index is -0.175. The van der Waals surface area contributed by atoms with E-state index < -0.39 is 0 Å². The molecule has 2 aromatic heterocycles. The van der Waals surface area contributed by atoms with Gasteiger partial charge in [-0.2, -0.15) is 10.1 Å². The zero-order chi connectivity index (χ0) is 18.2. The van der Waals surface area contributed by atoms with Gasteiger partial charge in [-0.3, -0.25) is 4.79 Å². The van der Waals surface area contributed by atoms with E-state index in [0.717, 1.165) is 11.3 Å². The predicted octanol–water partition coefficient (Wildman–Crippen LogP) is 2.77. The highest BCUT2D eigenvalue weighted by atomic mass is 32.2. The van der Waals surface area contributed by atoms with Gasteiger partial charge in [0.05, 0.1) is 11.5 Å². The number of H-pyrrole nitrogens is 1. The summed E-state index contributed by atoms with van der Waals surface area (Å²) in [6.45, 7) is 1.90. The lowest BCUT2D eigenvalue weighted by molar-refractivity contribution is -0.113. The van der Waals surface area contributed by atoms with Crippen LogP contribution in [0.1, 0.15) is 12.5 Å². The number of aromatic amines is 1. The van der Waals surface area contributed by atoms with E-state index in [1.54, 1.807) is 24.4 Å². The number of pyridine rings is 1. The number of hydrazone groups is 1. The third kappa shape index (κ3) is 5.15. The van der Waals surface area contributed by atoms with Crippen LogP contribution in [0.15, 0.2) is 65.0 Å². The van der Waals surface area contributed by atoms with Gasteiger partial charge in [0.15, 0.2) is 0 Å². The van der Waals surface area contributed by atoms with E-state index in [4.69, 9.17) is 0 Å². The van der Waals surface area contributed by atoms with Crippen molar-refractivity contribution < 1.29 is 4.79 Å². The molecule has 132 valence electrons. The Morgan fingerprint density at radius 3 is 2.77 bits per heavy atom. The average Bonchev–Trinajstić information content (AvgIpc) is 3.14. The van der Waals surface area contributed by atoms with E-state index in [0.29, 0.717) is 16.9 Å². The van der Waals surface area contributed by atoms with Gasteiger partial charge in [-0.15, -0.1) is 5.10 Å². The summed E-state index contributed by atoms with van der Waals surface area (Å²) in [6.07, 6.45) is 1.62. The first kappa shape index (κ1) is 17.6. The van der Waals surface area contributed by atoms with Gasteiger partial charge >= 0.3 is 0 Å². The molecule has 2 heterocycles. The second-order valence-electron chi connectivity index (χ2n) is 5.19. The topological polar surface area (TPSA) is 108 Å². The van der Waals surface area contributed by atoms with Crippen molar-refractivity contribution in [1.29, 1.82) is 0 Å². The third-order valence-electron chi connectivity index (χ3n) is 3.25. The Hall–Kier alpha value is -3.20. The predicted molar refractivity (Wildman–Crippen MR) is 102 cm³/mol. The van der Waals surface area contributed by atoms with Crippen LogP contribution >= 0.6 is 11.8 Å². The number of benzene rings is 1. The maximum absolute atomic E-state index is 11.9. The summed E-state index contributed by atoms with van der Waals surface area (Å²) in [5.74, 6) is 0.931. The van der Waals surface area contributed by atoms with Gasteiger partial charge in [0.2, 0.25) is 17.0 Å². The second kappa shape index (κ2) is 8.77. The number of amides is 1. The maximum Gasteiger partial charge on any atom is 0.240 e. The summed E-state index contributed by atoms with van der Waals surface area (Å²) < 4.78 is 0. The van der Waals surface area contributed by atoms with E-state index in [-0.39, 0.29) is 11.7 Å². The summed E-state index contributed by atoms with van der Waals surface area (Å²) in [6, 6.07) is 15.1. The van der Waals surface area contributed by atoms with Gasteiger partial charge in [-0.1, -0.05) is 48.2 Å². The van der Waals surface area contributed by atoms with Crippen molar-refractivity contribution in [2.75, 3.05) is 16.5 Å². The number of rotatable bonds is 7. The molecule has 26 heavy (non-hydrogen) atoms. The summed E-state index contributed by atoms with van der Waals surface area (Å²) >= 11 is 1.22. The Balaban J connectivity index is 1.49. The Bertz CT molecular complexity index is 880. The lowest BCUT2D eigenvalue weighted by atomic mass is 10.1. The number of anilines is 2. The number of aromatic nitrogens is 4. The van der Waals surface area contributed by atoms with Crippen molar-refractivity contribution in [1.82, 2.24) is 20.2 Å². The molecule has 0 fully saturated rings. The lowest BCUT2D eigenvalue weighted by Crippen LogP contribution is -2.14. The molecule has 0 saturated heterocycles. The van der Waals surface area contributed by atoms with Crippen LogP contribution in [0, 0.1) is 0 Å². The van der Waals surface area contributed by atoms with Crippen LogP contribution < -0.4 is 10.7 Å². The van der Waals surface area contributed by atoms with Gasteiger partial charge in [-0.25, -0.2) is 15.5 Å². The molecule has 1 amide bonds. The summed E-state index contributed by atoms with van der Waals surface area (Å²) in [5, 5.41) is 14.2. The molecule has 0 spiro atoms.